The highest BCUT2D eigenvalue weighted by molar-refractivity contribution is 6.05. The standard InChI is InChI=1S/C25H30F2O3/c1-2-3-4-5-8-15-29-20-14-13-18-17-11-12-19(23(28)16-9-6-7-10-16)21(26)24(17)30-25(18)22(20)27/h11-14,16,23,28H,2-10,15H2,1H3. The van der Waals surface area contributed by atoms with Crippen LogP contribution in [0.3, 0.4) is 0 Å². The molecule has 30 heavy (non-hydrogen) atoms. The molecule has 0 radical (unpaired) electrons. The first kappa shape index (κ1) is 21.1. The minimum absolute atomic E-state index is 0.000103. The number of benzene rings is 2. The van der Waals surface area contributed by atoms with Crippen molar-refractivity contribution in [2.24, 2.45) is 5.92 Å². The van der Waals surface area contributed by atoms with E-state index in [1.165, 1.54) is 12.8 Å². The van der Waals surface area contributed by atoms with Gasteiger partial charge in [-0.15, -0.1) is 0 Å². The summed E-state index contributed by atoms with van der Waals surface area (Å²) in [6, 6.07) is 6.61. The second-order valence-electron chi connectivity index (χ2n) is 8.45. The van der Waals surface area contributed by atoms with E-state index in [-0.39, 0.29) is 28.4 Å². The summed E-state index contributed by atoms with van der Waals surface area (Å²) < 4.78 is 41.4. The minimum Gasteiger partial charge on any atom is -0.490 e. The Labute approximate surface area is 176 Å². The average Bonchev–Trinajstić information content (AvgIpc) is 3.41. The largest absolute Gasteiger partial charge is 0.490 e. The normalized spacial score (nSPS) is 16.0. The molecule has 0 bridgehead atoms. The maximum absolute atomic E-state index is 15.2. The van der Waals surface area contributed by atoms with Gasteiger partial charge in [0.2, 0.25) is 5.82 Å². The van der Waals surface area contributed by atoms with E-state index in [1.54, 1.807) is 24.3 Å². The monoisotopic (exact) mass is 416 g/mol. The SMILES string of the molecule is CCCCCCCOc1ccc2c(oc3c(F)c(C(O)C4CCCC4)ccc32)c1F. The van der Waals surface area contributed by atoms with Crippen molar-refractivity contribution in [3.8, 4) is 5.75 Å². The van der Waals surface area contributed by atoms with E-state index in [2.05, 4.69) is 6.92 Å². The summed E-state index contributed by atoms with van der Waals surface area (Å²) in [6.07, 6.45) is 8.50. The molecule has 1 unspecified atom stereocenters. The third kappa shape index (κ3) is 4.04. The van der Waals surface area contributed by atoms with Gasteiger partial charge < -0.3 is 14.3 Å². The van der Waals surface area contributed by atoms with Crippen LogP contribution < -0.4 is 4.74 Å². The topological polar surface area (TPSA) is 42.6 Å². The lowest BCUT2D eigenvalue weighted by Gasteiger charge is -2.18. The van der Waals surface area contributed by atoms with Gasteiger partial charge in [-0.25, -0.2) is 4.39 Å². The Morgan fingerprint density at radius 2 is 1.63 bits per heavy atom. The fourth-order valence-electron chi connectivity index (χ4n) is 4.59. The maximum Gasteiger partial charge on any atom is 0.208 e. The summed E-state index contributed by atoms with van der Waals surface area (Å²) in [5.74, 6) is -1.01. The molecule has 1 saturated carbocycles. The second kappa shape index (κ2) is 9.34. The van der Waals surface area contributed by atoms with Gasteiger partial charge >= 0.3 is 0 Å². The Balaban J connectivity index is 1.58. The van der Waals surface area contributed by atoms with Crippen LogP contribution in [0.5, 0.6) is 5.75 Å². The van der Waals surface area contributed by atoms with Crippen molar-refractivity contribution >= 4 is 21.9 Å². The summed E-state index contributed by atoms with van der Waals surface area (Å²) in [4.78, 5) is 0. The molecule has 162 valence electrons. The molecule has 0 amide bonds. The number of furan rings is 1. The number of hydrogen-bond acceptors (Lipinski definition) is 3. The number of halogens is 2. The molecule has 4 rings (SSSR count). The third-order valence-electron chi connectivity index (χ3n) is 6.35. The van der Waals surface area contributed by atoms with Crippen molar-refractivity contribution in [3.05, 3.63) is 41.5 Å². The van der Waals surface area contributed by atoms with Crippen LogP contribution in [0.1, 0.15) is 76.4 Å². The quantitative estimate of drug-likeness (QED) is 0.369. The lowest BCUT2D eigenvalue weighted by Crippen LogP contribution is -2.10. The Bertz CT molecular complexity index is 1000. The lowest BCUT2D eigenvalue weighted by molar-refractivity contribution is 0.108. The highest BCUT2D eigenvalue weighted by Gasteiger charge is 2.28. The van der Waals surface area contributed by atoms with Gasteiger partial charge in [-0.2, -0.15) is 4.39 Å². The Morgan fingerprint density at radius 3 is 2.37 bits per heavy atom. The van der Waals surface area contributed by atoms with E-state index in [0.717, 1.165) is 44.9 Å². The first-order chi connectivity index (χ1) is 14.6. The van der Waals surface area contributed by atoms with Gasteiger partial charge in [-0.1, -0.05) is 51.5 Å². The number of fused-ring (bicyclic) bond motifs is 3. The van der Waals surface area contributed by atoms with Crippen LogP contribution in [0.15, 0.2) is 28.7 Å². The van der Waals surface area contributed by atoms with Gasteiger partial charge in [0.25, 0.3) is 0 Å². The molecule has 1 N–H and O–H groups in total. The van der Waals surface area contributed by atoms with Crippen LogP contribution in [0.4, 0.5) is 8.78 Å². The van der Waals surface area contributed by atoms with Crippen molar-refractivity contribution in [2.75, 3.05) is 6.61 Å². The minimum atomic E-state index is -0.860. The number of unbranched alkanes of at least 4 members (excludes halogenated alkanes) is 4. The Kier molecular flexibility index (Phi) is 6.57. The molecule has 1 aliphatic rings. The molecule has 1 atom stereocenters. The zero-order valence-corrected chi connectivity index (χ0v) is 17.6. The van der Waals surface area contributed by atoms with Gasteiger partial charge in [0.05, 0.1) is 12.7 Å². The molecule has 1 aromatic heterocycles. The Morgan fingerprint density at radius 1 is 0.967 bits per heavy atom. The van der Waals surface area contributed by atoms with E-state index in [9.17, 15) is 9.50 Å². The van der Waals surface area contributed by atoms with Crippen molar-refractivity contribution in [2.45, 2.75) is 70.8 Å². The molecule has 5 heteroatoms. The first-order valence-electron chi connectivity index (χ1n) is 11.3. The summed E-state index contributed by atoms with van der Waals surface area (Å²) in [7, 11) is 0. The fraction of sp³-hybridized carbons (Fsp3) is 0.520. The van der Waals surface area contributed by atoms with Gasteiger partial charge in [-0.05, 0) is 43.4 Å². The first-order valence-corrected chi connectivity index (χ1v) is 11.3. The van der Waals surface area contributed by atoms with Crippen LogP contribution in [-0.4, -0.2) is 11.7 Å². The summed E-state index contributed by atoms with van der Waals surface area (Å²) in [5, 5.41) is 11.7. The summed E-state index contributed by atoms with van der Waals surface area (Å²) in [6.45, 7) is 2.61. The van der Waals surface area contributed by atoms with E-state index >= 15 is 4.39 Å². The number of ether oxygens (including phenoxy) is 1. The number of aliphatic hydroxyl groups is 1. The van der Waals surface area contributed by atoms with Crippen LogP contribution in [0.25, 0.3) is 21.9 Å². The second-order valence-corrected chi connectivity index (χ2v) is 8.45. The molecule has 2 aromatic carbocycles. The van der Waals surface area contributed by atoms with Crippen LogP contribution in [0.2, 0.25) is 0 Å². The van der Waals surface area contributed by atoms with E-state index in [0.29, 0.717) is 17.4 Å². The summed E-state index contributed by atoms with van der Waals surface area (Å²) in [5.41, 5.74) is 0.229. The van der Waals surface area contributed by atoms with Crippen molar-refractivity contribution in [3.63, 3.8) is 0 Å². The number of hydrogen-bond donors (Lipinski definition) is 1. The molecular weight excluding hydrogens is 386 g/mol. The van der Waals surface area contributed by atoms with E-state index in [4.69, 9.17) is 9.15 Å². The molecule has 0 spiro atoms. The van der Waals surface area contributed by atoms with E-state index < -0.39 is 17.7 Å². The fourth-order valence-corrected chi connectivity index (χ4v) is 4.59. The predicted octanol–water partition coefficient (Wildman–Crippen LogP) is 7.44. The van der Waals surface area contributed by atoms with Crippen molar-refractivity contribution in [1.82, 2.24) is 0 Å². The van der Waals surface area contributed by atoms with Gasteiger partial charge in [-0.3, -0.25) is 0 Å². The smallest absolute Gasteiger partial charge is 0.208 e. The Hall–Kier alpha value is -2.14. The van der Waals surface area contributed by atoms with Crippen molar-refractivity contribution < 1.29 is 23.0 Å². The zero-order valence-electron chi connectivity index (χ0n) is 17.6. The average molecular weight is 417 g/mol. The predicted molar refractivity (Wildman–Crippen MR) is 115 cm³/mol. The number of rotatable bonds is 9. The molecule has 1 aliphatic carbocycles. The highest BCUT2D eigenvalue weighted by Crippen LogP contribution is 2.41. The van der Waals surface area contributed by atoms with Gasteiger partial charge in [0.15, 0.2) is 22.7 Å². The van der Waals surface area contributed by atoms with Gasteiger partial charge in [0, 0.05) is 16.3 Å². The zero-order chi connectivity index (χ0) is 21.1. The molecule has 1 heterocycles. The van der Waals surface area contributed by atoms with Crippen molar-refractivity contribution in [1.29, 1.82) is 0 Å². The van der Waals surface area contributed by atoms with Gasteiger partial charge in [0.1, 0.15) is 0 Å². The molecule has 1 fully saturated rings. The summed E-state index contributed by atoms with van der Waals surface area (Å²) >= 11 is 0. The molecular formula is C25H30F2O3. The number of aliphatic hydroxyl groups excluding tert-OH is 1. The molecule has 3 nitrogen and oxygen atoms in total. The van der Waals surface area contributed by atoms with Crippen LogP contribution in [-0.2, 0) is 0 Å². The van der Waals surface area contributed by atoms with E-state index in [1.807, 2.05) is 0 Å². The lowest BCUT2D eigenvalue weighted by atomic mass is 9.93. The molecule has 3 aromatic rings. The molecule has 0 saturated heterocycles. The molecule has 0 aliphatic heterocycles. The van der Waals surface area contributed by atoms with Crippen LogP contribution in [0, 0.1) is 17.6 Å². The maximum atomic E-state index is 15.2. The third-order valence-corrected chi connectivity index (χ3v) is 6.35. The highest BCUT2D eigenvalue weighted by atomic mass is 19.1. The van der Waals surface area contributed by atoms with Crippen LogP contribution >= 0.6 is 0 Å².